The molecule has 288 valence electrons. The fourth-order valence-corrected chi connectivity index (χ4v) is 7330. The minimum absolute atomic E-state index is 0.385. The van der Waals surface area contributed by atoms with Crippen molar-refractivity contribution >= 4 is 541 Å². The van der Waals surface area contributed by atoms with E-state index in [-0.39, 0.29) is 7.89 Å². The zero-order valence-electron chi connectivity index (χ0n) is 15.5. The van der Waals surface area contributed by atoms with Gasteiger partial charge in [-0.05, 0) is 0 Å². The third kappa shape index (κ3) is 29.9. The Hall–Kier alpha value is 29.9. The Balaban J connectivity index is 5.42. The molecular weight excluding hydrogens is 5200 g/mol. The van der Waals surface area contributed by atoms with Crippen LogP contribution in [0.3, 0.4) is 0 Å². The SMILES string of the molecule is I[I-]I(I)I(I)I(I)I(I)I(I)I(I)I(I)I(I)I(I)I(I)I(I)I(I)I(I)I(I)I(I)I(I)I(I)I(I)I(I)I. The van der Waals surface area contributed by atoms with E-state index in [9.17, 15) is 0 Å². The van der Waals surface area contributed by atoms with Crippen molar-refractivity contribution in [3.05, 3.63) is 0 Å². The van der Waals surface area contributed by atoms with E-state index in [1.807, 2.05) is 0 Å². The quantitative estimate of drug-likeness (QED) is 0.113. The van der Waals surface area contributed by atoms with Gasteiger partial charge in [0.15, 0.2) is 0 Å². The maximum atomic E-state index is 3.35. The first-order valence-electron chi connectivity index (χ1n) is 5.71. The molecule has 0 heterocycles. The predicted octanol–water partition coefficient (Wildman–Crippen LogP) is 32.4. The fourth-order valence-electron chi connectivity index (χ4n) is 0.540. The standard InChI is InChI=1S/I41/c1-22-24(4)26(6)28(8)30(10)32(12)34(14)36(16)38(18)40(20)41(21)39(19)37(17)35(15)33(13)31(11)29(9)27(7)25(5)23(2)3/q-1. The zero-order valence-corrected chi connectivity index (χ0v) is 104. The van der Waals surface area contributed by atoms with Crippen LogP contribution in [0, 0.1) is 0 Å². The molecule has 0 radical (unpaired) electrons. The summed E-state index contributed by atoms with van der Waals surface area (Å²) in [6.45, 7) is 0. The van der Waals surface area contributed by atoms with Gasteiger partial charge >= 0.3 is 554 Å². The summed E-state index contributed by atoms with van der Waals surface area (Å²) in [7, 11) is -9.45. The van der Waals surface area contributed by atoms with Crippen LogP contribution in [0.2, 0.25) is 0 Å². The average Bonchev–Trinajstić information content (AvgIpc) is 2.97. The zero-order chi connectivity index (χ0) is 32.7. The monoisotopic (exact) mass is 5200 g/mol. The van der Waals surface area contributed by atoms with Crippen molar-refractivity contribution < 1.29 is 13.3 Å². The molecule has 0 saturated carbocycles. The molecule has 0 aliphatic carbocycles. The van der Waals surface area contributed by atoms with Crippen LogP contribution in [0.5, 0.6) is 0 Å². The molecule has 0 unspecified atom stereocenters. The summed E-state index contributed by atoms with van der Waals surface area (Å²) in [4.78, 5) is 0. The van der Waals surface area contributed by atoms with Crippen LogP contribution < -0.4 is 13.3 Å². The van der Waals surface area contributed by atoms with Crippen LogP contribution in [0.15, 0.2) is 0 Å². The Morgan fingerprint density at radius 3 is 0.512 bits per heavy atom. The first-order valence-corrected chi connectivity index (χ1v) is 257. The Morgan fingerprint density at radius 1 is 0.220 bits per heavy atom. The predicted molar refractivity (Wildman–Crippen MR) is 561 cm³/mol. The van der Waals surface area contributed by atoms with Gasteiger partial charge in [-0.25, -0.2) is 0 Å². The van der Waals surface area contributed by atoms with Gasteiger partial charge in [0.1, 0.15) is 0 Å². The third-order valence-corrected chi connectivity index (χ3v) is 3060. The van der Waals surface area contributed by atoms with Crippen molar-refractivity contribution in [3.8, 4) is 0 Å². The summed E-state index contributed by atoms with van der Waals surface area (Å²) in [5.41, 5.74) is 0. The first-order chi connectivity index (χ1) is 18.7. The molecule has 0 N–H and O–H groups in total. The van der Waals surface area contributed by atoms with Gasteiger partial charge in [0.2, 0.25) is 0 Å². The van der Waals surface area contributed by atoms with Crippen LogP contribution in [-0.4, -0.2) is 0 Å². The molecule has 0 saturated heterocycles. The molecule has 0 aromatic carbocycles. The van der Waals surface area contributed by atoms with E-state index in [1.54, 1.807) is 0 Å². The Bertz CT molecular complexity index is 678. The number of hydrogen-bond acceptors (Lipinski definition) is 0. The molecule has 0 spiro atoms. The van der Waals surface area contributed by atoms with Gasteiger partial charge in [-0.1, -0.05) is 0 Å². The second-order valence-electron chi connectivity index (χ2n) is 3.13. The molecule has 0 aliphatic rings. The van der Waals surface area contributed by atoms with Crippen molar-refractivity contribution in [1.29, 1.82) is 0 Å². The minimum atomic E-state index is -0.542. The van der Waals surface area contributed by atoms with E-state index >= 15 is 0 Å². The molecule has 0 aromatic rings. The molecule has 0 bridgehead atoms. The van der Waals surface area contributed by atoms with Gasteiger partial charge in [0.05, 0.1) is 0 Å². The summed E-state index contributed by atoms with van der Waals surface area (Å²) in [5, 5.41) is 0. The van der Waals surface area contributed by atoms with E-state index in [2.05, 4.69) is 391 Å². The van der Waals surface area contributed by atoms with Crippen LogP contribution in [0.25, 0.3) is 0 Å². The van der Waals surface area contributed by atoms with E-state index in [0.717, 1.165) is 0 Å². The average molecular weight is 5200 g/mol. The van der Waals surface area contributed by atoms with E-state index < -0.39 is 142 Å². The van der Waals surface area contributed by atoms with Crippen molar-refractivity contribution in [1.82, 2.24) is 0 Å². The molecule has 41 heteroatoms. The molecule has 41 heavy (non-hydrogen) atoms. The van der Waals surface area contributed by atoms with E-state index in [4.69, 9.17) is 0 Å². The van der Waals surface area contributed by atoms with Crippen molar-refractivity contribution in [2.24, 2.45) is 0 Å². The summed E-state index contributed by atoms with van der Waals surface area (Å²) in [5.74, 6) is 0. The first kappa shape index (κ1) is 70.9. The summed E-state index contributed by atoms with van der Waals surface area (Å²) in [6.07, 6.45) is 0. The van der Waals surface area contributed by atoms with Crippen molar-refractivity contribution in [3.63, 3.8) is 0 Å². The molecular formula is I41-. The Kier molecular flexibility index (Phi) is 74.3. The molecule has 0 rings (SSSR count). The van der Waals surface area contributed by atoms with E-state index in [1.165, 1.54) is 0 Å². The maximum absolute atomic E-state index is 3.35. The second-order valence-corrected chi connectivity index (χ2v) is 945. The van der Waals surface area contributed by atoms with Crippen LogP contribution in [-0.2, 0) is 0 Å². The number of rotatable bonds is 19. The van der Waals surface area contributed by atoms with Crippen LogP contribution >= 0.6 is 541 Å². The molecule has 0 aliphatic heterocycles. The number of hydrogen-bond donors (Lipinski definition) is 0. The van der Waals surface area contributed by atoms with Crippen LogP contribution in [0.4, 0.5) is 0 Å². The molecule has 0 nitrogen and oxygen atoms in total. The van der Waals surface area contributed by atoms with Crippen LogP contribution in [0.1, 0.15) is 0 Å². The molecule has 0 atom stereocenters. The Labute approximate surface area is 521 Å². The molecule has 0 aromatic heterocycles. The van der Waals surface area contributed by atoms with Crippen molar-refractivity contribution in [2.75, 3.05) is 0 Å². The number of halogens is 41. The van der Waals surface area contributed by atoms with E-state index in [0.29, 0.717) is 13.3 Å². The summed E-state index contributed by atoms with van der Waals surface area (Å²) >= 11 is 68.5. The second kappa shape index (κ2) is 43.0. The van der Waals surface area contributed by atoms with Gasteiger partial charge < -0.3 is 0 Å². The van der Waals surface area contributed by atoms with Gasteiger partial charge in [0.25, 0.3) is 0 Å². The summed E-state index contributed by atoms with van der Waals surface area (Å²) in [6, 6.07) is 0. The molecule has 0 fully saturated rings. The van der Waals surface area contributed by atoms with Gasteiger partial charge in [-0.15, -0.1) is 0 Å². The van der Waals surface area contributed by atoms with Crippen molar-refractivity contribution in [2.45, 2.75) is 0 Å². The fraction of sp³-hybridized carbons (Fsp3) is 0. The van der Waals surface area contributed by atoms with Gasteiger partial charge in [-0.3, -0.25) is 0 Å². The van der Waals surface area contributed by atoms with Gasteiger partial charge in [0, 0.05) is 0 Å². The normalized spacial score (nSPS) is 18.6. The Morgan fingerprint density at radius 2 is 0.366 bits per heavy atom. The molecule has 0 amide bonds. The topological polar surface area (TPSA) is 0 Å². The van der Waals surface area contributed by atoms with Gasteiger partial charge in [-0.2, -0.15) is 0 Å². The third-order valence-electron chi connectivity index (χ3n) is 1.51. The summed E-state index contributed by atoms with van der Waals surface area (Å²) < 4.78 is 0.